The van der Waals surface area contributed by atoms with Crippen molar-refractivity contribution in [1.82, 2.24) is 9.97 Å². The first-order valence-electron chi connectivity index (χ1n) is 4.32. The lowest BCUT2D eigenvalue weighted by atomic mass is 10.2. The van der Waals surface area contributed by atoms with Crippen LogP contribution in [0.1, 0.15) is 5.56 Å². The third kappa shape index (κ3) is 2.73. The molecule has 0 amide bonds. The van der Waals surface area contributed by atoms with Crippen LogP contribution in [0, 0.1) is 5.82 Å². The Hall–Kier alpha value is -1.00. The van der Waals surface area contributed by atoms with E-state index in [4.69, 9.17) is 11.6 Å². The second-order valence-corrected chi connectivity index (χ2v) is 4.32. The van der Waals surface area contributed by atoms with E-state index in [1.165, 1.54) is 17.8 Å². The Morgan fingerprint density at radius 2 is 2.33 bits per heavy atom. The third-order valence-corrected chi connectivity index (χ3v) is 3.04. The highest BCUT2D eigenvalue weighted by atomic mass is 35.5. The normalized spacial score (nSPS) is 10.5. The first kappa shape index (κ1) is 10.5. The average molecular weight is 243 g/mol. The number of nitrogens with one attached hydrogen (secondary N) is 1. The number of hydrogen-bond acceptors (Lipinski definition) is 2. The van der Waals surface area contributed by atoms with Crippen LogP contribution in [0.25, 0.3) is 0 Å². The summed E-state index contributed by atoms with van der Waals surface area (Å²) in [5, 5.41) is 1.20. The molecule has 1 N–H and O–H groups in total. The van der Waals surface area contributed by atoms with E-state index in [2.05, 4.69) is 9.97 Å². The zero-order valence-electron chi connectivity index (χ0n) is 7.71. The van der Waals surface area contributed by atoms with Crippen molar-refractivity contribution in [1.29, 1.82) is 0 Å². The van der Waals surface area contributed by atoms with E-state index in [-0.39, 0.29) is 5.82 Å². The summed E-state index contributed by atoms with van der Waals surface area (Å²) >= 11 is 7.10. The van der Waals surface area contributed by atoms with Gasteiger partial charge in [-0.1, -0.05) is 29.4 Å². The molecule has 0 spiro atoms. The molecular formula is C10H8ClFN2S. The van der Waals surface area contributed by atoms with Gasteiger partial charge in [0.2, 0.25) is 0 Å². The summed E-state index contributed by atoms with van der Waals surface area (Å²) in [6.07, 6.45) is 3.40. The van der Waals surface area contributed by atoms with Crippen molar-refractivity contribution in [2.75, 3.05) is 0 Å². The van der Waals surface area contributed by atoms with E-state index in [0.29, 0.717) is 16.3 Å². The standard InChI is InChI=1S/C10H8ClFN2S/c11-8-2-1-7(9(12)5-8)6-15-10-13-3-4-14-10/h1-5H,6H2,(H,13,14). The fourth-order valence-corrected chi connectivity index (χ4v) is 2.09. The zero-order valence-corrected chi connectivity index (χ0v) is 9.28. The minimum Gasteiger partial charge on any atom is -0.340 e. The van der Waals surface area contributed by atoms with Crippen LogP contribution in [0.4, 0.5) is 4.39 Å². The van der Waals surface area contributed by atoms with Gasteiger partial charge in [0.15, 0.2) is 5.16 Å². The van der Waals surface area contributed by atoms with E-state index >= 15 is 0 Å². The van der Waals surface area contributed by atoms with Crippen LogP contribution >= 0.6 is 23.4 Å². The Bertz CT molecular complexity index is 445. The van der Waals surface area contributed by atoms with Gasteiger partial charge in [0, 0.05) is 23.2 Å². The molecule has 2 aromatic rings. The molecule has 1 aromatic heterocycles. The lowest BCUT2D eigenvalue weighted by molar-refractivity contribution is 0.617. The Kier molecular flexibility index (Phi) is 3.28. The lowest BCUT2D eigenvalue weighted by Crippen LogP contribution is -1.87. The summed E-state index contributed by atoms with van der Waals surface area (Å²) in [6.45, 7) is 0. The summed E-state index contributed by atoms with van der Waals surface area (Å²) in [5.41, 5.74) is 0.626. The maximum Gasteiger partial charge on any atom is 0.165 e. The molecule has 78 valence electrons. The highest BCUT2D eigenvalue weighted by Gasteiger charge is 2.04. The molecular weight excluding hydrogens is 235 g/mol. The number of nitrogens with zero attached hydrogens (tertiary/aromatic N) is 1. The maximum atomic E-state index is 13.4. The van der Waals surface area contributed by atoms with Crippen LogP contribution < -0.4 is 0 Å². The van der Waals surface area contributed by atoms with Crippen LogP contribution in [-0.2, 0) is 5.75 Å². The average Bonchev–Trinajstić information content (AvgIpc) is 2.69. The SMILES string of the molecule is Fc1cc(Cl)ccc1CSc1ncc[nH]1. The molecule has 0 bridgehead atoms. The Balaban J connectivity index is 2.05. The molecule has 2 nitrogen and oxygen atoms in total. The number of imidazole rings is 1. The van der Waals surface area contributed by atoms with Gasteiger partial charge < -0.3 is 4.98 Å². The van der Waals surface area contributed by atoms with Crippen molar-refractivity contribution >= 4 is 23.4 Å². The van der Waals surface area contributed by atoms with Gasteiger partial charge >= 0.3 is 0 Å². The minimum absolute atomic E-state index is 0.276. The topological polar surface area (TPSA) is 28.7 Å². The predicted molar refractivity (Wildman–Crippen MR) is 59.6 cm³/mol. The van der Waals surface area contributed by atoms with E-state index in [0.717, 1.165) is 5.16 Å². The van der Waals surface area contributed by atoms with E-state index in [1.807, 2.05) is 0 Å². The highest BCUT2D eigenvalue weighted by molar-refractivity contribution is 7.98. The summed E-state index contributed by atoms with van der Waals surface area (Å²) in [6, 6.07) is 4.69. The van der Waals surface area contributed by atoms with Gasteiger partial charge in [-0.15, -0.1) is 0 Å². The quantitative estimate of drug-likeness (QED) is 0.835. The predicted octanol–water partition coefficient (Wildman–Crippen LogP) is 3.49. The molecule has 0 saturated heterocycles. The Labute approximate surface area is 95.9 Å². The van der Waals surface area contributed by atoms with Gasteiger partial charge in [-0.05, 0) is 17.7 Å². The molecule has 15 heavy (non-hydrogen) atoms. The number of hydrogen-bond donors (Lipinski definition) is 1. The van der Waals surface area contributed by atoms with Crippen molar-refractivity contribution in [3.63, 3.8) is 0 Å². The van der Waals surface area contributed by atoms with Gasteiger partial charge in [0.25, 0.3) is 0 Å². The first-order valence-corrected chi connectivity index (χ1v) is 5.68. The van der Waals surface area contributed by atoms with Gasteiger partial charge in [-0.3, -0.25) is 0 Å². The van der Waals surface area contributed by atoms with E-state index in [9.17, 15) is 4.39 Å². The molecule has 0 aliphatic carbocycles. The molecule has 0 aliphatic rings. The Morgan fingerprint density at radius 1 is 1.47 bits per heavy atom. The van der Waals surface area contributed by atoms with Crippen LogP contribution in [0.5, 0.6) is 0 Å². The summed E-state index contributed by atoms with van der Waals surface area (Å²) in [5.74, 6) is 0.262. The van der Waals surface area contributed by atoms with Gasteiger partial charge in [-0.2, -0.15) is 0 Å². The number of aromatic amines is 1. The smallest absolute Gasteiger partial charge is 0.165 e. The molecule has 2 rings (SSSR count). The molecule has 1 heterocycles. The molecule has 0 radical (unpaired) electrons. The number of H-pyrrole nitrogens is 1. The van der Waals surface area contributed by atoms with Gasteiger partial charge in [0.1, 0.15) is 5.82 Å². The zero-order chi connectivity index (χ0) is 10.7. The highest BCUT2D eigenvalue weighted by Crippen LogP contribution is 2.22. The van der Waals surface area contributed by atoms with Crippen LogP contribution in [0.15, 0.2) is 35.7 Å². The molecule has 0 unspecified atom stereocenters. The molecule has 0 aliphatic heterocycles. The number of aromatic nitrogens is 2. The number of rotatable bonds is 3. The van der Waals surface area contributed by atoms with E-state index in [1.54, 1.807) is 24.5 Å². The van der Waals surface area contributed by atoms with E-state index < -0.39 is 0 Å². The monoisotopic (exact) mass is 242 g/mol. The van der Waals surface area contributed by atoms with Crippen LogP contribution in [-0.4, -0.2) is 9.97 Å². The van der Waals surface area contributed by atoms with Crippen molar-refractivity contribution in [2.24, 2.45) is 0 Å². The van der Waals surface area contributed by atoms with Crippen molar-refractivity contribution in [3.8, 4) is 0 Å². The number of halogens is 2. The summed E-state index contributed by atoms with van der Waals surface area (Å²) < 4.78 is 13.4. The first-order chi connectivity index (χ1) is 7.25. The molecule has 1 aromatic carbocycles. The number of thioether (sulfide) groups is 1. The number of benzene rings is 1. The lowest BCUT2D eigenvalue weighted by Gasteiger charge is -2.01. The third-order valence-electron chi connectivity index (χ3n) is 1.85. The van der Waals surface area contributed by atoms with Crippen molar-refractivity contribution < 1.29 is 4.39 Å². The minimum atomic E-state index is -0.276. The van der Waals surface area contributed by atoms with Gasteiger partial charge in [-0.25, -0.2) is 9.37 Å². The van der Waals surface area contributed by atoms with Crippen molar-refractivity contribution in [3.05, 3.63) is 47.0 Å². The molecule has 0 atom stereocenters. The fraction of sp³-hybridized carbons (Fsp3) is 0.100. The second-order valence-electron chi connectivity index (χ2n) is 2.92. The second kappa shape index (κ2) is 4.68. The molecule has 0 saturated carbocycles. The molecule has 5 heteroatoms. The Morgan fingerprint density at radius 3 is 3.00 bits per heavy atom. The summed E-state index contributed by atoms with van der Waals surface area (Å²) in [4.78, 5) is 6.98. The summed E-state index contributed by atoms with van der Waals surface area (Å²) in [7, 11) is 0. The van der Waals surface area contributed by atoms with Crippen LogP contribution in [0.3, 0.4) is 0 Å². The van der Waals surface area contributed by atoms with Gasteiger partial charge in [0.05, 0.1) is 0 Å². The largest absolute Gasteiger partial charge is 0.340 e. The van der Waals surface area contributed by atoms with Crippen LogP contribution in [0.2, 0.25) is 5.02 Å². The maximum absolute atomic E-state index is 13.4. The van der Waals surface area contributed by atoms with Crippen molar-refractivity contribution in [2.45, 2.75) is 10.9 Å². The fourth-order valence-electron chi connectivity index (χ4n) is 1.11. The molecule has 0 fully saturated rings.